The molecule has 0 aliphatic heterocycles. The Hall–Kier alpha value is -2.77. The summed E-state index contributed by atoms with van der Waals surface area (Å²) in [4.78, 5) is 17.8. The lowest BCUT2D eigenvalue weighted by Crippen LogP contribution is -2.18. The maximum Gasteiger partial charge on any atom is 0.416 e. The highest BCUT2D eigenvalue weighted by molar-refractivity contribution is 6.05. The molecule has 24 heavy (non-hydrogen) atoms. The predicted molar refractivity (Wildman–Crippen MR) is 84.5 cm³/mol. The van der Waals surface area contributed by atoms with Gasteiger partial charge in [-0.05, 0) is 24.3 Å². The first-order valence-corrected chi connectivity index (χ1v) is 6.92. The molecular weight excluding hydrogens is 323 g/mol. The lowest BCUT2D eigenvalue weighted by atomic mass is 10.1. The summed E-state index contributed by atoms with van der Waals surface area (Å²) in [7, 11) is 4.79. The van der Waals surface area contributed by atoms with Gasteiger partial charge in [-0.15, -0.1) is 0 Å². The van der Waals surface area contributed by atoms with Gasteiger partial charge in [0.2, 0.25) is 5.88 Å². The third-order valence-corrected chi connectivity index (χ3v) is 3.26. The van der Waals surface area contributed by atoms with Crippen LogP contribution in [0.3, 0.4) is 0 Å². The molecule has 0 bridgehead atoms. The molecule has 1 aromatic heterocycles. The van der Waals surface area contributed by atoms with Gasteiger partial charge in [0, 0.05) is 26.4 Å². The van der Waals surface area contributed by atoms with Crippen molar-refractivity contribution in [2.45, 2.75) is 6.18 Å². The number of carbonyl (C=O) groups excluding carboxylic acids is 1. The highest BCUT2D eigenvalue weighted by Crippen LogP contribution is 2.35. The fourth-order valence-electron chi connectivity index (χ4n) is 2.03. The molecule has 0 radical (unpaired) electrons. The van der Waals surface area contributed by atoms with Crippen LogP contribution < -0.4 is 15.0 Å². The highest BCUT2D eigenvalue weighted by Gasteiger charge is 2.31. The van der Waals surface area contributed by atoms with Crippen LogP contribution in [0, 0.1) is 0 Å². The summed E-state index contributed by atoms with van der Waals surface area (Å²) in [6.07, 6.45) is -3.21. The zero-order chi connectivity index (χ0) is 17.9. The van der Waals surface area contributed by atoms with Crippen LogP contribution >= 0.6 is 0 Å². The average molecular weight is 339 g/mol. The lowest BCUT2D eigenvalue weighted by molar-refractivity contribution is -0.137. The second-order valence-electron chi connectivity index (χ2n) is 5.17. The smallest absolute Gasteiger partial charge is 0.416 e. The van der Waals surface area contributed by atoms with Gasteiger partial charge in [0.25, 0.3) is 5.91 Å². The third-order valence-electron chi connectivity index (χ3n) is 3.26. The number of hydrogen-bond donors (Lipinski definition) is 1. The highest BCUT2D eigenvalue weighted by atomic mass is 19.4. The minimum Gasteiger partial charge on any atom is -0.481 e. The van der Waals surface area contributed by atoms with E-state index in [9.17, 15) is 18.0 Å². The van der Waals surface area contributed by atoms with Gasteiger partial charge in [-0.25, -0.2) is 4.98 Å². The number of nitrogens with one attached hydrogen (secondary N) is 1. The number of pyridine rings is 1. The van der Waals surface area contributed by atoms with Crippen LogP contribution in [-0.2, 0) is 6.18 Å². The number of anilines is 2. The standard InChI is InChI=1S/C16H16F3N3O2/c1-22(2)13-6-5-11(16(17,18)19)8-12(13)21-15(23)10-4-7-14(24-3)20-9-10/h4-9H,1-3H3,(H,21,23). The van der Waals surface area contributed by atoms with Crippen LogP contribution in [-0.4, -0.2) is 32.1 Å². The number of aromatic nitrogens is 1. The van der Waals surface area contributed by atoms with Crippen molar-refractivity contribution >= 4 is 17.3 Å². The maximum absolute atomic E-state index is 12.9. The van der Waals surface area contributed by atoms with Gasteiger partial charge in [0.1, 0.15) is 0 Å². The zero-order valence-electron chi connectivity index (χ0n) is 13.3. The first kappa shape index (κ1) is 17.6. The van der Waals surface area contributed by atoms with E-state index in [1.165, 1.54) is 31.5 Å². The molecule has 1 heterocycles. The molecule has 0 aliphatic carbocycles. The summed E-state index contributed by atoms with van der Waals surface area (Å²) in [5.74, 6) is -0.229. The summed E-state index contributed by atoms with van der Waals surface area (Å²) < 4.78 is 43.6. The minimum atomic E-state index is -4.49. The molecular formula is C16H16F3N3O2. The van der Waals surface area contributed by atoms with Gasteiger partial charge in [-0.2, -0.15) is 13.2 Å². The molecule has 0 unspecified atom stereocenters. The van der Waals surface area contributed by atoms with Gasteiger partial charge < -0.3 is 15.0 Å². The summed E-state index contributed by atoms with van der Waals surface area (Å²) in [5.41, 5.74) is -0.109. The number of methoxy groups -OCH3 is 1. The molecule has 2 rings (SSSR count). The number of halogens is 3. The van der Waals surface area contributed by atoms with E-state index >= 15 is 0 Å². The Morgan fingerprint density at radius 3 is 2.42 bits per heavy atom. The van der Waals surface area contributed by atoms with E-state index in [0.717, 1.165) is 12.1 Å². The van der Waals surface area contributed by atoms with Crippen molar-refractivity contribution in [1.82, 2.24) is 4.98 Å². The molecule has 0 aliphatic rings. The van der Waals surface area contributed by atoms with Crippen LogP contribution in [0.25, 0.3) is 0 Å². The first-order valence-electron chi connectivity index (χ1n) is 6.92. The van der Waals surface area contributed by atoms with Crippen molar-refractivity contribution in [1.29, 1.82) is 0 Å². The van der Waals surface area contributed by atoms with Crippen LogP contribution in [0.15, 0.2) is 36.5 Å². The van der Waals surface area contributed by atoms with Crippen LogP contribution in [0.2, 0.25) is 0 Å². The summed E-state index contributed by atoms with van der Waals surface area (Å²) in [5, 5.41) is 2.50. The topological polar surface area (TPSA) is 54.5 Å². The Morgan fingerprint density at radius 2 is 1.92 bits per heavy atom. The van der Waals surface area contributed by atoms with Crippen LogP contribution in [0.4, 0.5) is 24.5 Å². The fraction of sp³-hybridized carbons (Fsp3) is 0.250. The molecule has 5 nitrogen and oxygen atoms in total. The van der Waals surface area contributed by atoms with Crippen molar-refractivity contribution < 1.29 is 22.7 Å². The number of alkyl halides is 3. The van der Waals surface area contributed by atoms with Gasteiger partial charge in [-0.3, -0.25) is 4.79 Å². The fourth-order valence-corrected chi connectivity index (χ4v) is 2.03. The Kier molecular flexibility index (Phi) is 4.96. The number of amides is 1. The normalized spacial score (nSPS) is 11.1. The maximum atomic E-state index is 12.9. The monoisotopic (exact) mass is 339 g/mol. The molecule has 2 aromatic rings. The van der Waals surface area contributed by atoms with E-state index in [-0.39, 0.29) is 11.3 Å². The summed E-state index contributed by atoms with van der Waals surface area (Å²) in [6.45, 7) is 0. The third kappa shape index (κ3) is 3.95. The largest absolute Gasteiger partial charge is 0.481 e. The van der Waals surface area contributed by atoms with Crippen molar-refractivity contribution in [3.8, 4) is 5.88 Å². The summed E-state index contributed by atoms with van der Waals surface area (Å²) >= 11 is 0. The first-order chi connectivity index (χ1) is 11.2. The predicted octanol–water partition coefficient (Wildman–Crippen LogP) is 3.43. The zero-order valence-corrected chi connectivity index (χ0v) is 13.3. The quantitative estimate of drug-likeness (QED) is 0.927. The van der Waals surface area contributed by atoms with E-state index in [1.54, 1.807) is 19.0 Å². The van der Waals surface area contributed by atoms with Gasteiger partial charge in [0.05, 0.1) is 29.6 Å². The molecule has 0 saturated heterocycles. The molecule has 8 heteroatoms. The van der Waals surface area contributed by atoms with Crippen LogP contribution in [0.5, 0.6) is 5.88 Å². The Morgan fingerprint density at radius 1 is 1.21 bits per heavy atom. The second-order valence-corrected chi connectivity index (χ2v) is 5.17. The minimum absolute atomic E-state index is 0.0654. The van der Waals surface area contributed by atoms with Crippen molar-refractivity contribution in [2.75, 3.05) is 31.4 Å². The number of ether oxygens (including phenoxy) is 1. The van der Waals surface area contributed by atoms with Crippen molar-refractivity contribution in [2.24, 2.45) is 0 Å². The molecule has 1 amide bonds. The van der Waals surface area contributed by atoms with E-state index in [4.69, 9.17) is 4.74 Å². The number of nitrogens with zero attached hydrogens (tertiary/aromatic N) is 2. The van der Waals surface area contributed by atoms with Crippen molar-refractivity contribution in [3.63, 3.8) is 0 Å². The molecule has 0 fully saturated rings. The van der Waals surface area contributed by atoms with Gasteiger partial charge >= 0.3 is 6.18 Å². The molecule has 128 valence electrons. The van der Waals surface area contributed by atoms with Gasteiger partial charge in [0.15, 0.2) is 0 Å². The van der Waals surface area contributed by atoms with Crippen molar-refractivity contribution in [3.05, 3.63) is 47.7 Å². The van der Waals surface area contributed by atoms with E-state index < -0.39 is 17.6 Å². The molecule has 0 atom stereocenters. The van der Waals surface area contributed by atoms with E-state index in [1.807, 2.05) is 0 Å². The van der Waals surface area contributed by atoms with Crippen LogP contribution in [0.1, 0.15) is 15.9 Å². The lowest BCUT2D eigenvalue weighted by Gasteiger charge is -2.19. The molecule has 1 N–H and O–H groups in total. The molecule has 1 aromatic carbocycles. The Bertz CT molecular complexity index is 728. The summed E-state index contributed by atoms with van der Waals surface area (Å²) in [6, 6.07) is 6.16. The molecule has 0 saturated carbocycles. The molecule has 0 spiro atoms. The number of rotatable bonds is 4. The Balaban J connectivity index is 2.33. The SMILES string of the molecule is COc1ccc(C(=O)Nc2cc(C(F)(F)F)ccc2N(C)C)cn1. The van der Waals surface area contributed by atoms with E-state index in [2.05, 4.69) is 10.3 Å². The van der Waals surface area contributed by atoms with E-state index in [0.29, 0.717) is 11.6 Å². The number of benzene rings is 1. The number of carbonyl (C=O) groups is 1. The number of hydrogen-bond acceptors (Lipinski definition) is 4. The Labute approximate surface area is 137 Å². The average Bonchev–Trinajstić information content (AvgIpc) is 2.53. The van der Waals surface area contributed by atoms with Gasteiger partial charge in [-0.1, -0.05) is 0 Å². The second kappa shape index (κ2) is 6.77.